The first-order valence-electron chi connectivity index (χ1n) is 13.9. The second kappa shape index (κ2) is 11.9. The lowest BCUT2D eigenvalue weighted by Gasteiger charge is -2.29. The Bertz CT molecular complexity index is 1390. The summed E-state index contributed by atoms with van der Waals surface area (Å²) in [5, 5.41) is 9.03. The monoisotopic (exact) mass is 526 g/mol. The molecule has 0 unspecified atom stereocenters. The van der Waals surface area contributed by atoms with Crippen molar-refractivity contribution in [3.63, 3.8) is 0 Å². The molecular formula is C31H38N6O2. The van der Waals surface area contributed by atoms with Crippen LogP contribution in [-0.4, -0.2) is 38.6 Å². The Hall–Kier alpha value is -3.78. The molecule has 0 spiro atoms. The molecule has 3 N–H and O–H groups in total. The predicted molar refractivity (Wildman–Crippen MR) is 155 cm³/mol. The van der Waals surface area contributed by atoms with Crippen LogP contribution in [0.1, 0.15) is 58.4 Å². The van der Waals surface area contributed by atoms with Crippen LogP contribution in [-0.2, 0) is 4.79 Å². The molecule has 204 valence electrons. The number of carbonyl (C=O) groups excluding carboxylic acids is 1. The van der Waals surface area contributed by atoms with Crippen molar-refractivity contribution in [2.24, 2.45) is 11.8 Å². The van der Waals surface area contributed by atoms with E-state index >= 15 is 0 Å². The number of rotatable bonds is 10. The third-order valence-electron chi connectivity index (χ3n) is 7.72. The summed E-state index contributed by atoms with van der Waals surface area (Å²) in [6.45, 7) is 4.32. The first-order chi connectivity index (χ1) is 18.9. The third-order valence-corrected chi connectivity index (χ3v) is 7.72. The van der Waals surface area contributed by atoms with Gasteiger partial charge >= 0.3 is 0 Å². The highest BCUT2D eigenvalue weighted by Gasteiger charge is 2.29. The van der Waals surface area contributed by atoms with Crippen molar-refractivity contribution >= 4 is 22.6 Å². The Labute approximate surface area is 230 Å². The number of ether oxygens (including phenoxy) is 1. The molecule has 0 bridgehead atoms. The maximum atomic E-state index is 12.9. The minimum Gasteiger partial charge on any atom is -0.457 e. The van der Waals surface area contributed by atoms with Crippen molar-refractivity contribution in [3.8, 4) is 22.8 Å². The summed E-state index contributed by atoms with van der Waals surface area (Å²) < 4.78 is 7.99. The SMILES string of the molecule is CN[C@H](CC(C)C)C(=O)CC1CCC(n2nc(-c3ccc(Oc4ccccc4)cc3)c3c(N)ncnc32)CC1. The zero-order valence-corrected chi connectivity index (χ0v) is 23.0. The normalized spacial score (nSPS) is 18.4. The van der Waals surface area contributed by atoms with Crippen LogP contribution in [0.5, 0.6) is 11.5 Å². The number of likely N-dealkylation sites (N-methyl/N-ethyl adjacent to an activating group) is 1. The molecule has 8 heteroatoms. The zero-order chi connectivity index (χ0) is 27.4. The van der Waals surface area contributed by atoms with Gasteiger partial charge in [-0.3, -0.25) is 4.79 Å². The zero-order valence-electron chi connectivity index (χ0n) is 23.0. The molecule has 5 rings (SSSR count). The Balaban J connectivity index is 1.32. The van der Waals surface area contributed by atoms with E-state index in [4.69, 9.17) is 15.6 Å². The fourth-order valence-corrected chi connectivity index (χ4v) is 5.66. The van der Waals surface area contributed by atoms with E-state index in [1.54, 1.807) is 0 Å². The number of anilines is 1. The summed E-state index contributed by atoms with van der Waals surface area (Å²) in [5.41, 5.74) is 8.82. The van der Waals surface area contributed by atoms with Gasteiger partial charge in [0.05, 0.1) is 17.5 Å². The molecule has 0 radical (unpaired) electrons. The number of hydrogen-bond donors (Lipinski definition) is 2. The fraction of sp³-hybridized carbons (Fsp3) is 0.419. The van der Waals surface area contributed by atoms with Gasteiger partial charge in [-0.05, 0) is 87.4 Å². The van der Waals surface area contributed by atoms with E-state index < -0.39 is 0 Å². The minimum atomic E-state index is -0.0514. The van der Waals surface area contributed by atoms with E-state index in [9.17, 15) is 4.79 Å². The lowest BCUT2D eigenvalue weighted by molar-refractivity contribution is -0.122. The second-order valence-corrected chi connectivity index (χ2v) is 11.0. The largest absolute Gasteiger partial charge is 0.457 e. The van der Waals surface area contributed by atoms with Gasteiger partial charge < -0.3 is 15.8 Å². The highest BCUT2D eigenvalue weighted by molar-refractivity contribution is 5.98. The Kier molecular flexibility index (Phi) is 8.21. The smallest absolute Gasteiger partial charge is 0.164 e. The fourth-order valence-electron chi connectivity index (χ4n) is 5.66. The molecule has 0 aliphatic heterocycles. The Morgan fingerprint density at radius 1 is 1.03 bits per heavy atom. The number of nitrogen functional groups attached to an aromatic ring is 1. The molecule has 39 heavy (non-hydrogen) atoms. The van der Waals surface area contributed by atoms with Crippen LogP contribution in [0.3, 0.4) is 0 Å². The van der Waals surface area contributed by atoms with Gasteiger partial charge in [0, 0.05) is 12.0 Å². The number of nitrogens with one attached hydrogen (secondary N) is 1. The molecule has 8 nitrogen and oxygen atoms in total. The third kappa shape index (κ3) is 6.11. The predicted octanol–water partition coefficient (Wildman–Crippen LogP) is 6.19. The van der Waals surface area contributed by atoms with Crippen LogP contribution < -0.4 is 15.8 Å². The van der Waals surface area contributed by atoms with Crippen LogP contribution in [0.15, 0.2) is 60.9 Å². The number of aromatic nitrogens is 4. The molecular weight excluding hydrogens is 488 g/mol. The van der Waals surface area contributed by atoms with Gasteiger partial charge in [0.2, 0.25) is 0 Å². The summed E-state index contributed by atoms with van der Waals surface area (Å²) in [5.74, 6) is 3.20. The topological polar surface area (TPSA) is 108 Å². The van der Waals surface area contributed by atoms with Gasteiger partial charge in [0.25, 0.3) is 0 Å². The van der Waals surface area contributed by atoms with Gasteiger partial charge in [-0.2, -0.15) is 5.10 Å². The van der Waals surface area contributed by atoms with E-state index in [0.717, 1.165) is 65.9 Å². The summed E-state index contributed by atoms with van der Waals surface area (Å²) in [6.07, 6.45) is 6.93. The molecule has 0 saturated heterocycles. The highest BCUT2D eigenvalue weighted by Crippen LogP contribution is 2.39. The number of ketones is 1. The first-order valence-corrected chi connectivity index (χ1v) is 13.9. The summed E-state index contributed by atoms with van der Waals surface area (Å²) in [4.78, 5) is 21.8. The van der Waals surface area contributed by atoms with Crippen molar-refractivity contribution in [2.45, 2.75) is 64.5 Å². The van der Waals surface area contributed by atoms with Crippen molar-refractivity contribution in [3.05, 3.63) is 60.9 Å². The van der Waals surface area contributed by atoms with Crippen LogP contribution >= 0.6 is 0 Å². The van der Waals surface area contributed by atoms with Gasteiger partial charge in [-0.15, -0.1) is 0 Å². The minimum absolute atomic E-state index is 0.0514. The highest BCUT2D eigenvalue weighted by atomic mass is 16.5. The lowest BCUT2D eigenvalue weighted by Crippen LogP contribution is -2.36. The van der Waals surface area contributed by atoms with Crippen molar-refractivity contribution in [1.29, 1.82) is 0 Å². The van der Waals surface area contributed by atoms with Crippen LogP contribution in [0.4, 0.5) is 5.82 Å². The molecule has 2 aromatic carbocycles. The quantitative estimate of drug-likeness (QED) is 0.253. The van der Waals surface area contributed by atoms with Crippen LogP contribution in [0.2, 0.25) is 0 Å². The Morgan fingerprint density at radius 2 is 1.72 bits per heavy atom. The number of nitrogens with zero attached hydrogens (tertiary/aromatic N) is 4. The molecule has 2 heterocycles. The van der Waals surface area contributed by atoms with Gasteiger partial charge in [-0.1, -0.05) is 32.0 Å². The molecule has 0 amide bonds. The molecule has 1 aliphatic rings. The first kappa shape index (κ1) is 26.8. The van der Waals surface area contributed by atoms with Crippen molar-refractivity contribution in [2.75, 3.05) is 12.8 Å². The van der Waals surface area contributed by atoms with Crippen LogP contribution in [0.25, 0.3) is 22.3 Å². The van der Waals surface area contributed by atoms with E-state index in [0.29, 0.717) is 29.9 Å². The van der Waals surface area contributed by atoms with Crippen molar-refractivity contribution < 1.29 is 9.53 Å². The molecule has 1 fully saturated rings. The van der Waals surface area contributed by atoms with Crippen molar-refractivity contribution in [1.82, 2.24) is 25.1 Å². The molecule has 1 atom stereocenters. The lowest BCUT2D eigenvalue weighted by atomic mass is 9.81. The molecule has 4 aromatic rings. The standard InChI is InChI=1S/C31H38N6O2/c1-20(2)17-26(33-3)27(38)18-21-9-13-23(14-10-21)37-31-28(30(32)34-19-35-31)29(36-37)22-11-15-25(16-12-22)39-24-7-5-4-6-8-24/h4-8,11-12,15-16,19-21,23,26,33H,9-10,13-14,17-18H2,1-3H3,(H2,32,34,35)/t21?,23?,26-/m1/s1. The Morgan fingerprint density at radius 3 is 2.38 bits per heavy atom. The maximum absolute atomic E-state index is 12.9. The number of benzene rings is 2. The number of hydrogen-bond acceptors (Lipinski definition) is 7. The second-order valence-electron chi connectivity index (χ2n) is 11.0. The van der Waals surface area contributed by atoms with E-state index in [2.05, 4.69) is 29.1 Å². The number of carbonyl (C=O) groups is 1. The molecule has 1 saturated carbocycles. The summed E-state index contributed by atoms with van der Waals surface area (Å²) >= 11 is 0. The summed E-state index contributed by atoms with van der Waals surface area (Å²) in [6, 6.07) is 17.7. The summed E-state index contributed by atoms with van der Waals surface area (Å²) in [7, 11) is 1.89. The van der Waals surface area contributed by atoms with Gasteiger partial charge in [-0.25, -0.2) is 14.6 Å². The van der Waals surface area contributed by atoms with E-state index in [1.165, 1.54) is 6.33 Å². The average Bonchev–Trinajstić information content (AvgIpc) is 3.34. The molecule has 2 aromatic heterocycles. The number of nitrogens with two attached hydrogens (primary N) is 1. The maximum Gasteiger partial charge on any atom is 0.164 e. The number of Topliss-reactive ketones (excluding diaryl/α,β-unsaturated/α-hetero) is 1. The van der Waals surface area contributed by atoms with Gasteiger partial charge in [0.1, 0.15) is 35.1 Å². The van der Waals surface area contributed by atoms with E-state index in [-0.39, 0.29) is 12.1 Å². The average molecular weight is 527 g/mol. The molecule has 1 aliphatic carbocycles. The number of para-hydroxylation sites is 1. The van der Waals surface area contributed by atoms with Crippen LogP contribution in [0, 0.1) is 11.8 Å². The van der Waals surface area contributed by atoms with Gasteiger partial charge in [0.15, 0.2) is 5.65 Å². The number of fused-ring (bicyclic) bond motifs is 1. The van der Waals surface area contributed by atoms with E-state index in [1.807, 2.05) is 66.3 Å².